The summed E-state index contributed by atoms with van der Waals surface area (Å²) in [7, 11) is 2.63. The highest BCUT2D eigenvalue weighted by Gasteiger charge is 2.89. The summed E-state index contributed by atoms with van der Waals surface area (Å²) in [4.78, 5) is 23.8. The SMILES string of the molecule is COC1(OC)C2(Cl)C(Cl)=C(Cl)C1(Cl)C1C(=O)N(Cc3ccco3)C(=O)C12. The van der Waals surface area contributed by atoms with Crippen LogP contribution in [0.15, 0.2) is 32.9 Å². The normalized spacial score (nSPS) is 37.8. The maximum absolute atomic E-state index is 13.1. The molecule has 2 aliphatic carbocycles. The minimum absolute atomic E-state index is 0.0419. The molecule has 1 aromatic heterocycles. The van der Waals surface area contributed by atoms with E-state index in [4.69, 9.17) is 60.3 Å². The number of ether oxygens (including phenoxy) is 2. The summed E-state index contributed by atoms with van der Waals surface area (Å²) in [5.74, 6) is -4.56. The van der Waals surface area contributed by atoms with Crippen molar-refractivity contribution in [3.05, 3.63) is 34.2 Å². The predicted octanol–water partition coefficient (Wildman–Crippen LogP) is 3.04. The molecular weight excluding hydrogens is 428 g/mol. The molecule has 2 fully saturated rings. The number of fused-ring (bicyclic) bond motifs is 5. The van der Waals surface area contributed by atoms with Crippen molar-refractivity contribution in [2.45, 2.75) is 22.1 Å². The van der Waals surface area contributed by atoms with Crippen LogP contribution < -0.4 is 0 Å². The first-order valence-corrected chi connectivity index (χ1v) is 9.15. The fourth-order valence-electron chi connectivity index (χ4n) is 4.48. The van der Waals surface area contributed by atoms with E-state index in [9.17, 15) is 9.59 Å². The van der Waals surface area contributed by atoms with Crippen LogP contribution in [-0.2, 0) is 25.6 Å². The van der Waals surface area contributed by atoms with Gasteiger partial charge in [0, 0.05) is 14.2 Å². The van der Waals surface area contributed by atoms with Gasteiger partial charge in [0.25, 0.3) is 0 Å². The summed E-state index contributed by atoms with van der Waals surface area (Å²) in [5, 5.41) is -0.108. The summed E-state index contributed by atoms with van der Waals surface area (Å²) in [6.07, 6.45) is 1.45. The van der Waals surface area contributed by atoms with E-state index >= 15 is 0 Å². The largest absolute Gasteiger partial charge is 0.467 e. The van der Waals surface area contributed by atoms with Gasteiger partial charge >= 0.3 is 0 Å². The summed E-state index contributed by atoms with van der Waals surface area (Å²) in [6, 6.07) is 3.32. The first-order chi connectivity index (χ1) is 12.2. The molecule has 3 aliphatic rings. The van der Waals surface area contributed by atoms with Crippen molar-refractivity contribution in [1.82, 2.24) is 4.90 Å². The zero-order valence-electron chi connectivity index (χ0n) is 13.6. The second-order valence-corrected chi connectivity index (χ2v) is 8.32. The quantitative estimate of drug-likeness (QED) is 0.409. The monoisotopic (exact) mass is 439 g/mol. The topological polar surface area (TPSA) is 69.0 Å². The Bertz CT molecular complexity index is 790. The van der Waals surface area contributed by atoms with Gasteiger partial charge in [-0.05, 0) is 12.1 Å². The van der Waals surface area contributed by atoms with Crippen molar-refractivity contribution in [2.75, 3.05) is 14.2 Å². The smallest absolute Gasteiger partial charge is 0.235 e. The lowest BCUT2D eigenvalue weighted by molar-refractivity contribution is -0.222. The molecule has 1 saturated carbocycles. The summed E-state index contributed by atoms with van der Waals surface area (Å²) in [6.45, 7) is -0.0419. The number of hydrogen-bond acceptors (Lipinski definition) is 5. The molecule has 1 saturated heterocycles. The highest BCUT2D eigenvalue weighted by molar-refractivity contribution is 6.53. The number of amides is 2. The van der Waals surface area contributed by atoms with Gasteiger partial charge in [-0.2, -0.15) is 0 Å². The first kappa shape index (κ1) is 18.6. The molecule has 6 nitrogen and oxygen atoms in total. The van der Waals surface area contributed by atoms with Gasteiger partial charge in [0.1, 0.15) is 15.5 Å². The van der Waals surface area contributed by atoms with Gasteiger partial charge < -0.3 is 13.9 Å². The number of hydrogen-bond donors (Lipinski definition) is 0. The Kier molecular flexibility index (Phi) is 4.02. The molecule has 4 unspecified atom stereocenters. The third kappa shape index (κ3) is 1.70. The number of halogens is 4. The fraction of sp³-hybridized carbons (Fsp3) is 0.500. The molecule has 0 aromatic carbocycles. The van der Waals surface area contributed by atoms with Crippen LogP contribution in [0.4, 0.5) is 0 Å². The second-order valence-electron chi connectivity index (χ2n) is 6.37. The van der Waals surface area contributed by atoms with Crippen molar-refractivity contribution >= 4 is 58.2 Å². The average Bonchev–Trinajstić information content (AvgIpc) is 3.29. The van der Waals surface area contributed by atoms with Crippen LogP contribution in [0, 0.1) is 11.8 Å². The lowest BCUT2D eigenvalue weighted by Crippen LogP contribution is -2.60. The van der Waals surface area contributed by atoms with Crippen molar-refractivity contribution in [1.29, 1.82) is 0 Å². The minimum Gasteiger partial charge on any atom is -0.467 e. The zero-order chi connectivity index (χ0) is 19.1. The molecule has 1 aliphatic heterocycles. The van der Waals surface area contributed by atoms with Crippen molar-refractivity contribution in [2.24, 2.45) is 11.8 Å². The van der Waals surface area contributed by atoms with Crippen LogP contribution in [-0.4, -0.2) is 46.5 Å². The van der Waals surface area contributed by atoms with Crippen LogP contribution >= 0.6 is 46.4 Å². The number of carbonyl (C=O) groups excluding carboxylic acids is 2. The zero-order valence-corrected chi connectivity index (χ0v) is 16.6. The number of alkyl halides is 2. The van der Waals surface area contributed by atoms with Gasteiger partial charge in [-0.3, -0.25) is 14.5 Å². The Morgan fingerprint density at radius 1 is 1.08 bits per heavy atom. The lowest BCUT2D eigenvalue weighted by Gasteiger charge is -2.42. The molecule has 0 N–H and O–H groups in total. The second kappa shape index (κ2) is 5.63. The molecular formula is C16H13Cl4NO5. The fourth-order valence-corrected chi connectivity index (χ4v) is 6.64. The van der Waals surface area contributed by atoms with Crippen LogP contribution in [0.25, 0.3) is 0 Å². The standard InChI is InChI=1S/C16H13Cl4NO5/c1-24-16(25-2)14(19)8-9(15(16,20)11(18)10(14)17)13(23)21(12(8)22)6-7-4-3-5-26-7/h3-5,8-9H,6H2,1-2H3. The van der Waals surface area contributed by atoms with Gasteiger partial charge in [-0.25, -0.2) is 0 Å². The van der Waals surface area contributed by atoms with E-state index in [-0.39, 0.29) is 16.6 Å². The molecule has 4 rings (SSSR count). The number of furan rings is 1. The third-order valence-corrected chi connectivity index (χ3v) is 8.12. The minimum atomic E-state index is -1.77. The number of methoxy groups -OCH3 is 2. The molecule has 0 radical (unpaired) electrons. The van der Waals surface area contributed by atoms with Crippen LogP contribution in [0.3, 0.4) is 0 Å². The Labute approximate surface area is 168 Å². The molecule has 0 spiro atoms. The Morgan fingerprint density at radius 3 is 1.96 bits per heavy atom. The van der Waals surface area contributed by atoms with E-state index in [1.165, 1.54) is 20.5 Å². The van der Waals surface area contributed by atoms with Gasteiger partial charge in [0.15, 0.2) is 0 Å². The third-order valence-electron chi connectivity index (χ3n) is 5.51. The Morgan fingerprint density at radius 2 is 1.58 bits per heavy atom. The van der Waals surface area contributed by atoms with Crippen LogP contribution in [0.1, 0.15) is 5.76 Å². The number of rotatable bonds is 4. The van der Waals surface area contributed by atoms with Crippen molar-refractivity contribution in [3.63, 3.8) is 0 Å². The predicted molar refractivity (Wildman–Crippen MR) is 93.9 cm³/mol. The van der Waals surface area contributed by atoms with E-state index in [0.717, 1.165) is 4.90 Å². The van der Waals surface area contributed by atoms with Crippen LogP contribution in [0.5, 0.6) is 0 Å². The molecule has 2 amide bonds. The van der Waals surface area contributed by atoms with E-state index in [1.54, 1.807) is 12.1 Å². The number of nitrogens with zero attached hydrogens (tertiary/aromatic N) is 1. The molecule has 1 aromatic rings. The molecule has 2 bridgehead atoms. The molecule has 140 valence electrons. The molecule has 2 heterocycles. The van der Waals surface area contributed by atoms with Gasteiger partial charge in [0.2, 0.25) is 17.6 Å². The van der Waals surface area contributed by atoms with Crippen LogP contribution in [0.2, 0.25) is 0 Å². The molecule has 4 atom stereocenters. The van der Waals surface area contributed by atoms with Crippen molar-refractivity contribution in [3.8, 4) is 0 Å². The molecule has 26 heavy (non-hydrogen) atoms. The van der Waals surface area contributed by atoms with E-state index in [2.05, 4.69) is 0 Å². The van der Waals surface area contributed by atoms with E-state index in [1.807, 2.05) is 0 Å². The number of imide groups is 1. The lowest BCUT2D eigenvalue weighted by atomic mass is 9.84. The van der Waals surface area contributed by atoms with E-state index in [0.29, 0.717) is 5.76 Å². The highest BCUT2D eigenvalue weighted by atomic mass is 35.5. The highest BCUT2D eigenvalue weighted by Crippen LogP contribution is 2.75. The Hall–Kier alpha value is -0.760. The summed E-state index contributed by atoms with van der Waals surface area (Å²) >= 11 is 26.4. The van der Waals surface area contributed by atoms with E-state index < -0.39 is 39.2 Å². The molecule has 10 heteroatoms. The average molecular weight is 441 g/mol. The maximum atomic E-state index is 13.1. The maximum Gasteiger partial charge on any atom is 0.235 e. The van der Waals surface area contributed by atoms with Gasteiger partial charge in [0.05, 0.1) is 34.7 Å². The number of likely N-dealkylation sites (tertiary alicyclic amines) is 1. The first-order valence-electron chi connectivity index (χ1n) is 7.64. The summed E-state index contributed by atoms with van der Waals surface area (Å²) in [5.41, 5.74) is 0. The number of carbonyl (C=O) groups is 2. The van der Waals surface area contributed by atoms with Gasteiger partial charge in [-0.1, -0.05) is 23.2 Å². The Balaban J connectivity index is 1.86. The van der Waals surface area contributed by atoms with Gasteiger partial charge in [-0.15, -0.1) is 23.2 Å². The van der Waals surface area contributed by atoms with Crippen molar-refractivity contribution < 1.29 is 23.5 Å². The summed E-state index contributed by atoms with van der Waals surface area (Å²) < 4.78 is 16.3.